The smallest absolute Gasteiger partial charge is 0.141 e. The minimum absolute atomic E-state index is 0.178. The molecule has 188 valence electrons. The fourth-order valence-electron chi connectivity index (χ4n) is 4.48. The number of hydrogen-bond donors (Lipinski definition) is 0. The van der Waals surface area contributed by atoms with E-state index in [9.17, 15) is 13.0 Å². The van der Waals surface area contributed by atoms with Gasteiger partial charge < -0.3 is 9.04 Å². The molecule has 0 spiro atoms. The van der Waals surface area contributed by atoms with Crippen molar-refractivity contribution in [2.45, 2.75) is 102 Å². The molecule has 1 aromatic rings. The normalized spacial score (nSPS) is 14.8. The van der Waals surface area contributed by atoms with Crippen molar-refractivity contribution >= 4 is 32.7 Å². The number of hydrogen-bond acceptors (Lipinski definition) is 3. The summed E-state index contributed by atoms with van der Waals surface area (Å²) in [4.78, 5) is -0.178. The first-order chi connectivity index (χ1) is 15.8. The van der Waals surface area contributed by atoms with Crippen molar-refractivity contribution in [2.75, 3.05) is 26.2 Å². The summed E-state index contributed by atoms with van der Waals surface area (Å²) in [6.07, 6.45) is 18.7. The lowest BCUT2D eigenvalue weighted by Gasteiger charge is -2.32. The van der Waals surface area contributed by atoms with Crippen molar-refractivity contribution in [3.05, 3.63) is 29.8 Å². The molecule has 1 fully saturated rings. The predicted molar refractivity (Wildman–Crippen MR) is 146 cm³/mol. The summed E-state index contributed by atoms with van der Waals surface area (Å²) in [7, 11) is -4.27. The Hall–Kier alpha value is -0.620. The van der Waals surface area contributed by atoms with E-state index >= 15 is 0 Å². The average molecular weight is 590 g/mol. The maximum absolute atomic E-state index is 10.4. The van der Waals surface area contributed by atoms with Gasteiger partial charge in [0.05, 0.1) is 24.5 Å². The second-order valence-corrected chi connectivity index (χ2v) is 11.4. The molecule has 0 atom stereocenters. The highest BCUT2D eigenvalue weighted by Crippen LogP contribution is 2.21. The Bertz CT molecular complexity index is 791. The van der Waals surface area contributed by atoms with Crippen LogP contribution >= 0.6 is 22.6 Å². The van der Waals surface area contributed by atoms with Gasteiger partial charge in [-0.2, -0.15) is 0 Å². The minimum atomic E-state index is -4.27. The standard InChI is InChI=1S/C20H37IN.C7H8O3S/c1-2-3-4-5-6-7-8-9-10-11-12-17-22(20-15-16-21)18-13-14-19-22;1-6-2-4-7(5-3-6)11(8,9)10/h2-14,17-20H2,1H3;2-5H,1H3,(H,8,9,10)/q+1;/p-1. The largest absolute Gasteiger partial charge is 0.744 e. The van der Waals surface area contributed by atoms with Gasteiger partial charge in [-0.05, 0) is 41.7 Å². The van der Waals surface area contributed by atoms with E-state index in [-0.39, 0.29) is 4.90 Å². The highest BCUT2D eigenvalue weighted by atomic mass is 127. The molecule has 0 N–H and O–H groups in total. The number of aryl methyl sites for hydroxylation is 1. The van der Waals surface area contributed by atoms with E-state index in [0.29, 0.717) is 0 Å². The molecule has 1 saturated heterocycles. The van der Waals surface area contributed by atoms with Gasteiger partial charge in [-0.1, -0.05) is 82.4 Å². The Morgan fingerprint density at radius 3 is 1.82 bits per heavy atom. The third kappa shape index (κ3) is 14.4. The molecule has 0 aromatic heterocycles. The maximum atomic E-state index is 10.4. The summed E-state index contributed by atoms with van der Waals surface area (Å²) in [5, 5.41) is 0. The number of halogens is 1. The van der Waals surface area contributed by atoms with Gasteiger partial charge in [0.2, 0.25) is 0 Å². The molecule has 0 amide bonds. The number of quaternary nitrogens is 1. The van der Waals surface area contributed by atoms with Crippen LogP contribution in [0.15, 0.2) is 29.2 Å². The Kier molecular flexibility index (Phi) is 16.4. The Morgan fingerprint density at radius 1 is 0.879 bits per heavy atom. The molecule has 2 rings (SSSR count). The molecule has 0 radical (unpaired) electrons. The third-order valence-electron chi connectivity index (χ3n) is 6.54. The summed E-state index contributed by atoms with van der Waals surface area (Å²) in [5.41, 5.74) is 0.928. The lowest BCUT2D eigenvalue weighted by molar-refractivity contribution is -0.910. The molecule has 33 heavy (non-hydrogen) atoms. The van der Waals surface area contributed by atoms with Crippen molar-refractivity contribution in [3.8, 4) is 9.85 Å². The average Bonchev–Trinajstić information content (AvgIpc) is 3.25. The van der Waals surface area contributed by atoms with Gasteiger partial charge in [-0.3, -0.25) is 0 Å². The Labute approximate surface area is 217 Å². The molecule has 1 aromatic carbocycles. The zero-order valence-electron chi connectivity index (χ0n) is 20.8. The maximum Gasteiger partial charge on any atom is 0.141 e. The first-order valence-electron chi connectivity index (χ1n) is 12.8. The van der Waals surface area contributed by atoms with Crippen LogP contribution in [0.4, 0.5) is 0 Å². The van der Waals surface area contributed by atoms with E-state index in [2.05, 4.69) is 39.4 Å². The number of likely N-dealkylation sites (tertiary alicyclic amines) is 1. The second kappa shape index (κ2) is 17.8. The van der Waals surface area contributed by atoms with E-state index in [1.54, 1.807) is 12.1 Å². The summed E-state index contributed by atoms with van der Waals surface area (Å²) < 4.78 is 35.5. The van der Waals surface area contributed by atoms with Crippen LogP contribution in [0.5, 0.6) is 0 Å². The topological polar surface area (TPSA) is 57.2 Å². The number of rotatable bonds is 14. The first-order valence-corrected chi connectivity index (χ1v) is 15.3. The Balaban J connectivity index is 0.000000412. The van der Waals surface area contributed by atoms with Crippen molar-refractivity contribution < 1.29 is 17.5 Å². The summed E-state index contributed by atoms with van der Waals surface area (Å²) in [6.45, 7) is 9.35. The molecule has 1 aliphatic rings. The van der Waals surface area contributed by atoms with Crippen LogP contribution in [0.25, 0.3) is 0 Å². The fraction of sp³-hybridized carbons (Fsp3) is 0.704. The van der Waals surface area contributed by atoms with E-state index in [4.69, 9.17) is 0 Å². The van der Waals surface area contributed by atoms with Gasteiger partial charge >= 0.3 is 0 Å². The molecule has 4 nitrogen and oxygen atoms in total. The number of nitrogens with zero attached hydrogens (tertiary/aromatic N) is 1. The molecular weight excluding hydrogens is 545 g/mol. The van der Waals surface area contributed by atoms with Gasteiger partial charge in [0.1, 0.15) is 16.7 Å². The van der Waals surface area contributed by atoms with Crippen LogP contribution in [-0.2, 0) is 10.1 Å². The van der Waals surface area contributed by atoms with Gasteiger partial charge in [-0.15, -0.1) is 0 Å². The molecule has 0 unspecified atom stereocenters. The molecule has 1 heterocycles. The predicted octanol–water partition coefficient (Wildman–Crippen LogP) is 7.20. The van der Waals surface area contributed by atoms with Crippen LogP contribution in [0.1, 0.15) is 96.0 Å². The number of unbranched alkanes of at least 4 members (excludes halogenated alkanes) is 10. The van der Waals surface area contributed by atoms with Crippen molar-refractivity contribution in [1.29, 1.82) is 0 Å². The van der Waals surface area contributed by atoms with E-state index < -0.39 is 10.1 Å². The van der Waals surface area contributed by atoms with Crippen LogP contribution in [0, 0.1) is 16.8 Å². The second-order valence-electron chi connectivity index (χ2n) is 9.45. The molecule has 0 saturated carbocycles. The van der Waals surface area contributed by atoms with Gasteiger partial charge in [0, 0.05) is 35.4 Å². The first kappa shape index (κ1) is 30.4. The highest BCUT2D eigenvalue weighted by molar-refractivity contribution is 14.1. The molecule has 6 heteroatoms. The van der Waals surface area contributed by atoms with E-state index in [1.165, 1.54) is 120 Å². The van der Waals surface area contributed by atoms with E-state index in [0.717, 1.165) is 12.1 Å². The van der Waals surface area contributed by atoms with Crippen molar-refractivity contribution in [3.63, 3.8) is 0 Å². The van der Waals surface area contributed by atoms with Crippen LogP contribution in [0.3, 0.4) is 0 Å². The molecular formula is C27H44INO3S. The van der Waals surface area contributed by atoms with Crippen molar-refractivity contribution in [1.82, 2.24) is 0 Å². The van der Waals surface area contributed by atoms with Gasteiger partial charge in [-0.25, -0.2) is 8.42 Å². The lowest BCUT2D eigenvalue weighted by atomic mass is 10.1. The fourth-order valence-corrected chi connectivity index (χ4v) is 5.12. The van der Waals surface area contributed by atoms with Crippen LogP contribution in [0.2, 0.25) is 0 Å². The summed E-state index contributed by atoms with van der Waals surface area (Å²) in [6, 6.07) is 5.78. The van der Waals surface area contributed by atoms with Crippen LogP contribution in [-0.4, -0.2) is 43.6 Å². The SMILES string of the molecule is CCCCCCCCCCCCC[N+]1(CC#CI)CCCC1.Cc1ccc(S(=O)(=O)[O-])cc1. The lowest BCUT2D eigenvalue weighted by Crippen LogP contribution is -2.46. The van der Waals surface area contributed by atoms with Crippen molar-refractivity contribution in [2.24, 2.45) is 0 Å². The minimum Gasteiger partial charge on any atom is -0.744 e. The number of benzene rings is 1. The van der Waals surface area contributed by atoms with Gasteiger partial charge in [0.25, 0.3) is 0 Å². The van der Waals surface area contributed by atoms with Gasteiger partial charge in [0.15, 0.2) is 0 Å². The molecule has 0 bridgehead atoms. The quantitative estimate of drug-likeness (QED) is 0.0758. The summed E-state index contributed by atoms with van der Waals surface area (Å²) >= 11 is 2.18. The van der Waals surface area contributed by atoms with Crippen LogP contribution < -0.4 is 0 Å². The highest BCUT2D eigenvalue weighted by Gasteiger charge is 2.30. The third-order valence-corrected chi connectivity index (χ3v) is 7.77. The van der Waals surface area contributed by atoms with E-state index in [1.807, 2.05) is 6.92 Å². The molecule has 1 aliphatic heterocycles. The monoisotopic (exact) mass is 589 g/mol. The zero-order chi connectivity index (χ0) is 24.4. The zero-order valence-corrected chi connectivity index (χ0v) is 23.8. The molecule has 0 aliphatic carbocycles. The Morgan fingerprint density at radius 2 is 1.36 bits per heavy atom. The summed E-state index contributed by atoms with van der Waals surface area (Å²) in [5.74, 6) is 3.33.